The van der Waals surface area contributed by atoms with Crippen molar-refractivity contribution in [1.82, 2.24) is 4.90 Å². The second kappa shape index (κ2) is 12.1. The molecule has 2 fully saturated rings. The molecule has 3 atom stereocenters. The van der Waals surface area contributed by atoms with Gasteiger partial charge < -0.3 is 14.4 Å². The zero-order valence-electron chi connectivity index (χ0n) is 21.1. The fourth-order valence-electron chi connectivity index (χ4n) is 6.22. The summed E-state index contributed by atoms with van der Waals surface area (Å²) in [7, 11) is 0. The smallest absolute Gasteiger partial charge is 0.302 e. The van der Waals surface area contributed by atoms with Crippen LogP contribution in [0.25, 0.3) is 0 Å². The number of carbonyl (C=O) groups excluding carboxylic acids is 1. The number of likely N-dealkylation sites (tertiary alicyclic amines) is 1. The van der Waals surface area contributed by atoms with Gasteiger partial charge in [0, 0.05) is 19.4 Å². The molecule has 1 aliphatic heterocycles. The van der Waals surface area contributed by atoms with Crippen molar-refractivity contribution in [1.29, 1.82) is 10.5 Å². The summed E-state index contributed by atoms with van der Waals surface area (Å²) < 4.78 is 11.6. The molecule has 0 bridgehead atoms. The molecule has 6 nitrogen and oxygen atoms in total. The fourth-order valence-corrected chi connectivity index (χ4v) is 6.22. The first kappa shape index (κ1) is 25.7. The summed E-state index contributed by atoms with van der Waals surface area (Å²) in [5.74, 6) is 0.765. The highest BCUT2D eigenvalue weighted by Gasteiger charge is 2.53. The Morgan fingerprint density at radius 3 is 2.39 bits per heavy atom. The third-order valence-corrected chi connectivity index (χ3v) is 7.89. The number of hydrogen-bond donors (Lipinski definition) is 0. The maximum absolute atomic E-state index is 11.8. The lowest BCUT2D eigenvalue weighted by atomic mass is 9.59. The van der Waals surface area contributed by atoms with Crippen molar-refractivity contribution in [2.75, 3.05) is 26.2 Å². The molecule has 1 saturated heterocycles. The van der Waals surface area contributed by atoms with Crippen LogP contribution in [0.4, 0.5) is 0 Å². The minimum Gasteiger partial charge on any atom is -0.494 e. The topological polar surface area (TPSA) is 86.3 Å². The molecule has 188 valence electrons. The number of carbonyl (C=O) groups is 1. The standard InChI is InChI=1S/C30H35N3O3/c1-23(34)36-29-10-5-9-28(29)30(22-32,25-7-3-2-4-8-25)26-15-18-33(19-16-26)17-6-20-35-27-13-11-24(21-31)12-14-27/h2-4,7-8,11-14,26,28-29H,5-6,9-10,15-20H2,1H3/t28-,29-,30?/m0/s1. The van der Waals surface area contributed by atoms with Crippen LogP contribution in [0, 0.1) is 34.5 Å². The number of ether oxygens (including phenoxy) is 2. The van der Waals surface area contributed by atoms with E-state index in [9.17, 15) is 10.1 Å². The van der Waals surface area contributed by atoms with Gasteiger partial charge in [0.2, 0.25) is 0 Å². The SMILES string of the molecule is CC(=O)O[C@H]1CCC[C@@H]1C(C#N)(c1ccccc1)C1CCN(CCCOc2ccc(C#N)cc2)CC1. The molecule has 0 radical (unpaired) electrons. The number of piperidine rings is 1. The molecule has 0 amide bonds. The summed E-state index contributed by atoms with van der Waals surface area (Å²) in [6, 6.07) is 22.3. The van der Waals surface area contributed by atoms with Crippen LogP contribution in [0.5, 0.6) is 5.75 Å². The molecular weight excluding hydrogens is 450 g/mol. The number of hydrogen-bond acceptors (Lipinski definition) is 6. The van der Waals surface area contributed by atoms with Gasteiger partial charge in [-0.15, -0.1) is 0 Å². The van der Waals surface area contributed by atoms with Crippen molar-refractivity contribution in [3.05, 3.63) is 65.7 Å². The third-order valence-electron chi connectivity index (χ3n) is 7.89. The quantitative estimate of drug-likeness (QED) is 0.357. The van der Waals surface area contributed by atoms with Crippen molar-refractivity contribution >= 4 is 5.97 Å². The summed E-state index contributed by atoms with van der Waals surface area (Å²) in [5, 5.41) is 19.6. The number of benzene rings is 2. The Labute approximate surface area is 214 Å². The highest BCUT2D eigenvalue weighted by Crippen LogP contribution is 2.50. The van der Waals surface area contributed by atoms with Crippen LogP contribution in [0.2, 0.25) is 0 Å². The van der Waals surface area contributed by atoms with Crippen LogP contribution in [0.3, 0.4) is 0 Å². The highest BCUT2D eigenvalue weighted by atomic mass is 16.5. The van der Waals surface area contributed by atoms with Crippen LogP contribution in [-0.2, 0) is 14.9 Å². The van der Waals surface area contributed by atoms with Crippen LogP contribution < -0.4 is 4.74 Å². The zero-order valence-corrected chi connectivity index (χ0v) is 21.1. The number of nitrogens with zero attached hydrogens (tertiary/aromatic N) is 3. The molecule has 1 unspecified atom stereocenters. The first-order chi connectivity index (χ1) is 17.6. The van der Waals surface area contributed by atoms with Gasteiger partial charge >= 0.3 is 5.97 Å². The van der Waals surface area contributed by atoms with Crippen molar-refractivity contribution in [2.45, 2.75) is 57.0 Å². The number of nitriles is 2. The fraction of sp³-hybridized carbons (Fsp3) is 0.500. The lowest BCUT2D eigenvalue weighted by Gasteiger charge is -2.45. The molecule has 1 aliphatic carbocycles. The molecule has 2 aromatic rings. The van der Waals surface area contributed by atoms with Gasteiger partial charge in [0.05, 0.1) is 29.7 Å². The van der Waals surface area contributed by atoms with Gasteiger partial charge in [-0.25, -0.2) is 0 Å². The van der Waals surface area contributed by atoms with Crippen LogP contribution in [-0.4, -0.2) is 43.2 Å². The maximum atomic E-state index is 11.8. The summed E-state index contributed by atoms with van der Waals surface area (Å²) in [4.78, 5) is 14.3. The van der Waals surface area contributed by atoms with E-state index in [1.807, 2.05) is 30.3 Å². The van der Waals surface area contributed by atoms with E-state index in [1.165, 1.54) is 6.92 Å². The van der Waals surface area contributed by atoms with Gasteiger partial charge in [-0.05, 0) is 87.4 Å². The molecule has 0 spiro atoms. The van der Waals surface area contributed by atoms with Gasteiger partial charge in [0.25, 0.3) is 0 Å². The second-order valence-corrected chi connectivity index (χ2v) is 9.99. The van der Waals surface area contributed by atoms with Gasteiger partial charge in [0.1, 0.15) is 11.9 Å². The minimum atomic E-state index is -0.650. The van der Waals surface area contributed by atoms with Crippen molar-refractivity contribution in [2.24, 2.45) is 11.8 Å². The first-order valence-electron chi connectivity index (χ1n) is 13.1. The van der Waals surface area contributed by atoms with Crippen molar-refractivity contribution in [3.8, 4) is 17.9 Å². The van der Waals surface area contributed by atoms with E-state index < -0.39 is 5.41 Å². The maximum Gasteiger partial charge on any atom is 0.302 e. The minimum absolute atomic E-state index is 0.0196. The number of esters is 1. The molecule has 6 heteroatoms. The van der Waals surface area contributed by atoms with E-state index >= 15 is 0 Å². The van der Waals surface area contributed by atoms with Gasteiger partial charge in [-0.1, -0.05) is 30.3 Å². The summed E-state index contributed by atoms with van der Waals surface area (Å²) >= 11 is 0. The Balaban J connectivity index is 1.38. The largest absolute Gasteiger partial charge is 0.494 e. The summed E-state index contributed by atoms with van der Waals surface area (Å²) in [5.41, 5.74) is 1.04. The Morgan fingerprint density at radius 2 is 1.75 bits per heavy atom. The predicted octanol–water partition coefficient (Wildman–Crippen LogP) is 5.23. The molecule has 4 rings (SSSR count). The summed E-state index contributed by atoms with van der Waals surface area (Å²) in [6.45, 7) is 4.94. The third kappa shape index (κ3) is 5.72. The van der Waals surface area contributed by atoms with Crippen molar-refractivity contribution < 1.29 is 14.3 Å². The first-order valence-corrected chi connectivity index (χ1v) is 13.1. The van der Waals surface area contributed by atoms with E-state index in [1.54, 1.807) is 12.1 Å². The molecule has 1 heterocycles. The van der Waals surface area contributed by atoms with E-state index in [2.05, 4.69) is 29.2 Å². The zero-order chi connectivity index (χ0) is 25.4. The normalized spacial score (nSPS) is 22.2. The van der Waals surface area contributed by atoms with Crippen LogP contribution >= 0.6 is 0 Å². The number of rotatable bonds is 9. The molecular formula is C30H35N3O3. The predicted molar refractivity (Wildman–Crippen MR) is 137 cm³/mol. The van der Waals surface area contributed by atoms with Crippen LogP contribution in [0.1, 0.15) is 56.6 Å². The molecule has 36 heavy (non-hydrogen) atoms. The molecule has 0 N–H and O–H groups in total. The Hall–Kier alpha value is -3.35. The average molecular weight is 486 g/mol. The van der Waals surface area contributed by atoms with Crippen molar-refractivity contribution in [3.63, 3.8) is 0 Å². The highest BCUT2D eigenvalue weighted by molar-refractivity contribution is 5.66. The monoisotopic (exact) mass is 485 g/mol. The second-order valence-electron chi connectivity index (χ2n) is 9.99. The Bertz CT molecular complexity index is 1080. The van der Waals surface area contributed by atoms with E-state index in [4.69, 9.17) is 14.7 Å². The molecule has 0 aromatic heterocycles. The van der Waals surface area contributed by atoms with E-state index in [-0.39, 0.29) is 23.9 Å². The molecule has 2 aliphatic rings. The van der Waals surface area contributed by atoms with E-state index in [0.717, 1.165) is 69.5 Å². The Morgan fingerprint density at radius 1 is 1.03 bits per heavy atom. The van der Waals surface area contributed by atoms with E-state index in [0.29, 0.717) is 12.2 Å². The lowest BCUT2D eigenvalue weighted by Crippen LogP contribution is -2.49. The van der Waals surface area contributed by atoms with Gasteiger partial charge in [-0.3, -0.25) is 4.79 Å². The summed E-state index contributed by atoms with van der Waals surface area (Å²) in [6.07, 6.45) is 5.34. The van der Waals surface area contributed by atoms with Gasteiger partial charge in [0.15, 0.2) is 0 Å². The Kier molecular flexibility index (Phi) is 8.62. The molecule has 1 saturated carbocycles. The molecule has 2 aromatic carbocycles. The average Bonchev–Trinajstić information content (AvgIpc) is 3.37. The van der Waals surface area contributed by atoms with Gasteiger partial charge in [-0.2, -0.15) is 10.5 Å². The van der Waals surface area contributed by atoms with Crippen LogP contribution in [0.15, 0.2) is 54.6 Å². The lowest BCUT2D eigenvalue weighted by molar-refractivity contribution is -0.149.